The van der Waals surface area contributed by atoms with Crippen LogP contribution in [-0.4, -0.2) is 24.5 Å². The number of halogens is 1. The van der Waals surface area contributed by atoms with Gasteiger partial charge in [-0.15, -0.1) is 0 Å². The van der Waals surface area contributed by atoms with Crippen LogP contribution in [0.15, 0.2) is 12.1 Å². The highest BCUT2D eigenvalue weighted by atomic mass is 35.5. The molecule has 4 N–H and O–H groups in total. The molecule has 0 saturated heterocycles. The van der Waals surface area contributed by atoms with Crippen LogP contribution in [0.2, 0.25) is 5.02 Å². The van der Waals surface area contributed by atoms with E-state index in [1.807, 2.05) is 12.1 Å². The second kappa shape index (κ2) is 5.04. The number of nitrogens with two attached hydrogens (primary N) is 2. The molecule has 0 amide bonds. The third-order valence-corrected chi connectivity index (χ3v) is 3.31. The molecular weight excluding hydrogens is 222 g/mol. The molecule has 0 unspecified atom stereocenters. The summed E-state index contributed by atoms with van der Waals surface area (Å²) in [5.74, 6) is 0. The van der Waals surface area contributed by atoms with Gasteiger partial charge in [0.2, 0.25) is 0 Å². The molecule has 0 aromatic heterocycles. The van der Waals surface area contributed by atoms with Crippen LogP contribution >= 0.6 is 11.6 Å². The van der Waals surface area contributed by atoms with Crippen molar-refractivity contribution >= 4 is 17.3 Å². The molecule has 1 aromatic rings. The minimum Gasteiger partial charge on any atom is -0.398 e. The lowest BCUT2D eigenvalue weighted by Crippen LogP contribution is -2.32. The Hall–Kier alpha value is -0.770. The van der Waals surface area contributed by atoms with Gasteiger partial charge in [0.05, 0.1) is 0 Å². The Kier molecular flexibility index (Phi) is 3.69. The summed E-state index contributed by atoms with van der Waals surface area (Å²) in [5, 5.41) is 0.733. The molecule has 0 fully saturated rings. The predicted octanol–water partition coefficient (Wildman–Crippen LogP) is 1.63. The third-order valence-electron chi connectivity index (χ3n) is 3.09. The molecule has 1 aromatic carbocycles. The molecular formula is C12H18ClN3. The predicted molar refractivity (Wildman–Crippen MR) is 68.5 cm³/mol. The summed E-state index contributed by atoms with van der Waals surface area (Å²) >= 11 is 6.02. The fraction of sp³-hybridized carbons (Fsp3) is 0.500. The number of hydrogen-bond donors (Lipinski definition) is 2. The van der Waals surface area contributed by atoms with E-state index >= 15 is 0 Å². The number of fused-ring (bicyclic) bond motifs is 1. The van der Waals surface area contributed by atoms with Crippen molar-refractivity contribution in [3.05, 3.63) is 28.3 Å². The number of benzene rings is 1. The van der Waals surface area contributed by atoms with Crippen molar-refractivity contribution in [2.24, 2.45) is 5.73 Å². The maximum atomic E-state index is 6.02. The summed E-state index contributed by atoms with van der Waals surface area (Å²) in [4.78, 5) is 2.41. The van der Waals surface area contributed by atoms with Crippen LogP contribution in [0.25, 0.3) is 0 Å². The van der Waals surface area contributed by atoms with Gasteiger partial charge < -0.3 is 11.5 Å². The van der Waals surface area contributed by atoms with E-state index in [-0.39, 0.29) is 0 Å². The summed E-state index contributed by atoms with van der Waals surface area (Å²) in [6.07, 6.45) is 2.06. The summed E-state index contributed by atoms with van der Waals surface area (Å²) in [6.45, 7) is 3.82. The van der Waals surface area contributed by atoms with E-state index in [9.17, 15) is 0 Å². The summed E-state index contributed by atoms with van der Waals surface area (Å²) in [7, 11) is 0. The van der Waals surface area contributed by atoms with Crippen molar-refractivity contribution in [2.75, 3.05) is 25.4 Å². The van der Waals surface area contributed by atoms with Crippen molar-refractivity contribution in [3.8, 4) is 0 Å². The minimum absolute atomic E-state index is 0.733. The lowest BCUT2D eigenvalue weighted by molar-refractivity contribution is 0.253. The second-order valence-corrected chi connectivity index (χ2v) is 4.74. The number of rotatable bonds is 3. The summed E-state index contributed by atoms with van der Waals surface area (Å²) < 4.78 is 0. The van der Waals surface area contributed by atoms with Crippen LogP contribution in [-0.2, 0) is 13.0 Å². The normalized spacial score (nSPS) is 16.1. The van der Waals surface area contributed by atoms with Crippen molar-refractivity contribution in [1.29, 1.82) is 0 Å². The average Bonchev–Trinajstić information content (AvgIpc) is 2.25. The summed E-state index contributed by atoms with van der Waals surface area (Å²) in [6, 6.07) is 3.87. The molecule has 1 heterocycles. The van der Waals surface area contributed by atoms with Crippen LogP contribution in [0.3, 0.4) is 0 Å². The average molecular weight is 240 g/mol. The van der Waals surface area contributed by atoms with E-state index in [1.54, 1.807) is 0 Å². The van der Waals surface area contributed by atoms with Crippen LogP contribution < -0.4 is 11.5 Å². The highest BCUT2D eigenvalue weighted by Crippen LogP contribution is 2.28. The first-order chi connectivity index (χ1) is 7.70. The minimum atomic E-state index is 0.733. The first-order valence-electron chi connectivity index (χ1n) is 5.70. The van der Waals surface area contributed by atoms with Gasteiger partial charge in [-0.25, -0.2) is 0 Å². The zero-order chi connectivity index (χ0) is 11.5. The molecule has 0 atom stereocenters. The molecule has 2 rings (SSSR count). The molecule has 0 saturated carbocycles. The smallest absolute Gasteiger partial charge is 0.0429 e. The van der Waals surface area contributed by atoms with Crippen molar-refractivity contribution in [1.82, 2.24) is 4.90 Å². The van der Waals surface area contributed by atoms with Gasteiger partial charge in [-0.1, -0.05) is 11.6 Å². The molecule has 3 nitrogen and oxygen atoms in total. The number of anilines is 1. The lowest BCUT2D eigenvalue weighted by Gasteiger charge is -2.29. The van der Waals surface area contributed by atoms with Gasteiger partial charge in [0.25, 0.3) is 0 Å². The van der Waals surface area contributed by atoms with Crippen LogP contribution in [0.4, 0.5) is 5.69 Å². The SMILES string of the molecule is NCCCN1CCc2c(N)cc(Cl)cc2C1. The van der Waals surface area contributed by atoms with Crippen LogP contribution in [0.5, 0.6) is 0 Å². The van der Waals surface area contributed by atoms with Crippen molar-refractivity contribution in [3.63, 3.8) is 0 Å². The topological polar surface area (TPSA) is 55.3 Å². The fourth-order valence-electron chi connectivity index (χ4n) is 2.26. The number of hydrogen-bond acceptors (Lipinski definition) is 3. The van der Waals surface area contributed by atoms with Crippen LogP contribution in [0.1, 0.15) is 17.5 Å². The Morgan fingerprint density at radius 1 is 1.38 bits per heavy atom. The molecule has 1 aliphatic heterocycles. The Labute approximate surface area is 101 Å². The second-order valence-electron chi connectivity index (χ2n) is 4.30. The monoisotopic (exact) mass is 239 g/mol. The van der Waals surface area contributed by atoms with Gasteiger partial charge in [-0.05, 0) is 49.2 Å². The quantitative estimate of drug-likeness (QED) is 0.789. The van der Waals surface area contributed by atoms with E-state index in [2.05, 4.69) is 4.90 Å². The molecule has 1 aliphatic rings. The van der Waals surface area contributed by atoms with E-state index < -0.39 is 0 Å². The molecule has 0 spiro atoms. The largest absolute Gasteiger partial charge is 0.398 e. The number of nitrogens with zero attached hydrogens (tertiary/aromatic N) is 1. The van der Waals surface area contributed by atoms with E-state index in [1.165, 1.54) is 11.1 Å². The molecule has 16 heavy (non-hydrogen) atoms. The Morgan fingerprint density at radius 2 is 2.19 bits per heavy atom. The summed E-state index contributed by atoms with van der Waals surface area (Å²) in [5.41, 5.74) is 14.9. The zero-order valence-electron chi connectivity index (χ0n) is 9.38. The lowest BCUT2D eigenvalue weighted by atomic mass is 9.98. The van der Waals surface area contributed by atoms with Crippen LogP contribution in [0, 0.1) is 0 Å². The first-order valence-corrected chi connectivity index (χ1v) is 6.07. The molecule has 88 valence electrons. The van der Waals surface area contributed by atoms with Gasteiger partial charge in [0.1, 0.15) is 0 Å². The Bertz CT molecular complexity index is 379. The highest BCUT2D eigenvalue weighted by molar-refractivity contribution is 6.31. The van der Waals surface area contributed by atoms with Crippen molar-refractivity contribution in [2.45, 2.75) is 19.4 Å². The van der Waals surface area contributed by atoms with Gasteiger partial charge in [-0.2, -0.15) is 0 Å². The van der Waals surface area contributed by atoms with Crippen molar-refractivity contribution < 1.29 is 0 Å². The standard InChI is InChI=1S/C12H18ClN3/c13-10-6-9-8-16(4-1-3-14)5-2-11(9)12(15)7-10/h6-7H,1-5,8,14-15H2. The first kappa shape index (κ1) is 11.7. The molecule has 0 radical (unpaired) electrons. The maximum Gasteiger partial charge on any atom is 0.0429 e. The Balaban J connectivity index is 2.13. The van der Waals surface area contributed by atoms with E-state index in [0.29, 0.717) is 0 Å². The van der Waals surface area contributed by atoms with Gasteiger partial charge in [-0.3, -0.25) is 4.90 Å². The van der Waals surface area contributed by atoms with Gasteiger partial charge in [0, 0.05) is 23.8 Å². The van der Waals surface area contributed by atoms with Gasteiger partial charge in [0.15, 0.2) is 0 Å². The molecule has 0 aliphatic carbocycles. The van der Waals surface area contributed by atoms with E-state index in [0.717, 1.165) is 49.7 Å². The fourth-order valence-corrected chi connectivity index (χ4v) is 2.51. The zero-order valence-corrected chi connectivity index (χ0v) is 10.1. The van der Waals surface area contributed by atoms with Gasteiger partial charge >= 0.3 is 0 Å². The highest BCUT2D eigenvalue weighted by Gasteiger charge is 2.18. The number of nitrogen functional groups attached to an aromatic ring is 1. The third kappa shape index (κ3) is 2.48. The maximum absolute atomic E-state index is 6.02. The molecule has 0 bridgehead atoms. The van der Waals surface area contributed by atoms with E-state index in [4.69, 9.17) is 23.1 Å². The molecule has 4 heteroatoms. The Morgan fingerprint density at radius 3 is 2.94 bits per heavy atom.